The number of nitrogens with zero attached hydrogens (tertiary/aromatic N) is 2. The molecule has 1 saturated heterocycles. The molecule has 2 heterocycles. The summed E-state index contributed by atoms with van der Waals surface area (Å²) in [4.78, 5) is 28.1. The van der Waals surface area contributed by atoms with Gasteiger partial charge in [-0.2, -0.15) is 0 Å². The molecule has 6 nitrogen and oxygen atoms in total. The molecule has 1 fully saturated rings. The van der Waals surface area contributed by atoms with Crippen molar-refractivity contribution in [1.29, 1.82) is 0 Å². The monoisotopic (exact) mass is 304 g/mol. The van der Waals surface area contributed by atoms with Crippen LogP contribution >= 0.6 is 23.2 Å². The van der Waals surface area contributed by atoms with Crippen molar-refractivity contribution in [3.05, 3.63) is 28.0 Å². The van der Waals surface area contributed by atoms with Gasteiger partial charge >= 0.3 is 5.97 Å². The van der Waals surface area contributed by atoms with Gasteiger partial charge in [0.05, 0.1) is 11.1 Å². The van der Waals surface area contributed by atoms with Crippen LogP contribution in [0.2, 0.25) is 10.2 Å². The summed E-state index contributed by atoms with van der Waals surface area (Å²) >= 11 is 11.5. The zero-order valence-electron chi connectivity index (χ0n) is 9.58. The van der Waals surface area contributed by atoms with E-state index >= 15 is 0 Å². The summed E-state index contributed by atoms with van der Waals surface area (Å²) in [5, 5.41) is 18.7. The number of halogens is 2. The van der Waals surface area contributed by atoms with Crippen molar-refractivity contribution in [2.75, 3.05) is 6.54 Å². The second-order valence-corrected chi connectivity index (χ2v) is 4.96. The highest BCUT2D eigenvalue weighted by Gasteiger charge is 2.40. The molecule has 0 bridgehead atoms. The molecule has 1 aromatic heterocycles. The smallest absolute Gasteiger partial charge is 0.326 e. The Kier molecular flexibility index (Phi) is 3.93. The van der Waals surface area contributed by atoms with Crippen molar-refractivity contribution in [2.45, 2.75) is 18.6 Å². The highest BCUT2D eigenvalue weighted by Crippen LogP contribution is 2.24. The lowest BCUT2D eigenvalue weighted by Gasteiger charge is -2.21. The van der Waals surface area contributed by atoms with Gasteiger partial charge in [0.1, 0.15) is 16.9 Å². The maximum Gasteiger partial charge on any atom is 0.326 e. The molecule has 19 heavy (non-hydrogen) atoms. The average molecular weight is 305 g/mol. The fourth-order valence-electron chi connectivity index (χ4n) is 1.98. The maximum atomic E-state index is 12.2. The Balaban J connectivity index is 2.33. The van der Waals surface area contributed by atoms with Crippen LogP contribution in [0.5, 0.6) is 0 Å². The van der Waals surface area contributed by atoms with Crippen molar-refractivity contribution in [3.8, 4) is 0 Å². The third kappa shape index (κ3) is 2.80. The number of carbonyl (C=O) groups excluding carboxylic acids is 1. The SMILES string of the molecule is O=C(O)[C@@H]1C[C@H](O)CN1C(=O)c1nc(Cl)ccc1Cl. The van der Waals surface area contributed by atoms with Crippen LogP contribution < -0.4 is 0 Å². The first-order valence-electron chi connectivity index (χ1n) is 5.44. The van der Waals surface area contributed by atoms with Gasteiger partial charge in [-0.25, -0.2) is 9.78 Å². The maximum absolute atomic E-state index is 12.2. The number of carboxylic acid groups (broad SMARTS) is 1. The molecule has 2 N–H and O–H groups in total. The molecule has 2 atom stereocenters. The summed E-state index contributed by atoms with van der Waals surface area (Å²) in [7, 11) is 0. The molecule has 8 heteroatoms. The molecular formula is C11H10Cl2N2O4. The second kappa shape index (κ2) is 5.32. The number of carboxylic acids is 1. The molecule has 0 radical (unpaired) electrons. The number of aliphatic carboxylic acids is 1. The van der Waals surface area contributed by atoms with Gasteiger partial charge in [0.2, 0.25) is 0 Å². The number of pyridine rings is 1. The molecule has 1 aromatic rings. The van der Waals surface area contributed by atoms with E-state index in [2.05, 4.69) is 4.98 Å². The van der Waals surface area contributed by atoms with E-state index in [0.717, 1.165) is 4.90 Å². The van der Waals surface area contributed by atoms with Crippen molar-refractivity contribution in [1.82, 2.24) is 9.88 Å². The predicted molar refractivity (Wildman–Crippen MR) is 67.3 cm³/mol. The van der Waals surface area contributed by atoms with E-state index < -0.39 is 24.0 Å². The third-order valence-electron chi connectivity index (χ3n) is 2.84. The first-order valence-corrected chi connectivity index (χ1v) is 6.19. The van der Waals surface area contributed by atoms with Gasteiger partial charge in [-0.15, -0.1) is 0 Å². The number of hydrogen-bond donors (Lipinski definition) is 2. The van der Waals surface area contributed by atoms with Gasteiger partial charge in [0.25, 0.3) is 5.91 Å². The standard InChI is InChI=1S/C11H10Cl2N2O4/c12-6-1-2-8(13)14-9(6)10(17)15-4-5(16)3-7(15)11(18)19/h1-2,5,7,16H,3-4H2,(H,18,19)/t5-,7-/m0/s1. The minimum absolute atomic E-state index is 0.0146. The van der Waals surface area contributed by atoms with E-state index in [1.54, 1.807) is 0 Å². The lowest BCUT2D eigenvalue weighted by molar-refractivity contribution is -0.141. The van der Waals surface area contributed by atoms with Crippen LogP contribution in [0.1, 0.15) is 16.9 Å². The number of likely N-dealkylation sites (tertiary alicyclic amines) is 1. The van der Waals surface area contributed by atoms with Crippen LogP contribution in [0.15, 0.2) is 12.1 Å². The molecular weight excluding hydrogens is 295 g/mol. The predicted octanol–water partition coefficient (Wildman–Crippen LogP) is 1.05. The van der Waals surface area contributed by atoms with Gasteiger partial charge in [-0.1, -0.05) is 23.2 Å². The number of β-amino-alcohol motifs (C(OH)–C–C–N with tert-alkyl or cyclic N) is 1. The third-order valence-corrected chi connectivity index (χ3v) is 3.36. The van der Waals surface area contributed by atoms with Crippen LogP contribution in [0.3, 0.4) is 0 Å². The van der Waals surface area contributed by atoms with Crippen LogP contribution in [-0.2, 0) is 4.79 Å². The Hall–Kier alpha value is -1.37. The molecule has 2 rings (SSSR count). The van der Waals surface area contributed by atoms with Crippen LogP contribution in [0, 0.1) is 0 Å². The van der Waals surface area contributed by atoms with Crippen molar-refractivity contribution >= 4 is 35.1 Å². The number of aliphatic hydroxyl groups excluding tert-OH is 1. The molecule has 0 saturated carbocycles. The number of aromatic nitrogens is 1. The average Bonchev–Trinajstić information content (AvgIpc) is 2.74. The van der Waals surface area contributed by atoms with E-state index in [1.807, 2.05) is 0 Å². The second-order valence-electron chi connectivity index (χ2n) is 4.17. The van der Waals surface area contributed by atoms with E-state index in [4.69, 9.17) is 28.3 Å². The Labute approximate surface area is 118 Å². The Morgan fingerprint density at radius 3 is 2.68 bits per heavy atom. The molecule has 0 aliphatic carbocycles. The number of carbonyl (C=O) groups is 2. The van der Waals surface area contributed by atoms with Crippen LogP contribution in [0.25, 0.3) is 0 Å². The van der Waals surface area contributed by atoms with Crippen molar-refractivity contribution < 1.29 is 19.8 Å². The largest absolute Gasteiger partial charge is 0.480 e. The molecule has 1 aliphatic rings. The molecule has 0 spiro atoms. The van der Waals surface area contributed by atoms with Gasteiger partial charge in [0, 0.05) is 13.0 Å². The highest BCUT2D eigenvalue weighted by molar-refractivity contribution is 6.34. The van der Waals surface area contributed by atoms with E-state index in [1.165, 1.54) is 12.1 Å². The van der Waals surface area contributed by atoms with Gasteiger partial charge < -0.3 is 15.1 Å². The normalized spacial score (nSPS) is 22.6. The fourth-order valence-corrected chi connectivity index (χ4v) is 2.31. The van der Waals surface area contributed by atoms with Crippen molar-refractivity contribution in [3.63, 3.8) is 0 Å². The summed E-state index contributed by atoms with van der Waals surface area (Å²) in [6.07, 6.45) is -0.887. The zero-order valence-corrected chi connectivity index (χ0v) is 11.1. The van der Waals surface area contributed by atoms with Gasteiger partial charge in [0.15, 0.2) is 0 Å². The Bertz CT molecular complexity index is 537. The minimum Gasteiger partial charge on any atom is -0.480 e. The summed E-state index contributed by atoms with van der Waals surface area (Å²) in [5.41, 5.74) is -0.116. The van der Waals surface area contributed by atoms with E-state index in [9.17, 15) is 14.7 Å². The molecule has 0 aromatic carbocycles. The Morgan fingerprint density at radius 1 is 1.37 bits per heavy atom. The number of amides is 1. The topological polar surface area (TPSA) is 90.7 Å². The van der Waals surface area contributed by atoms with Gasteiger partial charge in [-0.05, 0) is 12.1 Å². The summed E-state index contributed by atoms with van der Waals surface area (Å²) in [6, 6.07) is 1.75. The molecule has 1 amide bonds. The first-order chi connectivity index (χ1) is 8.90. The molecule has 1 aliphatic heterocycles. The summed E-state index contributed by atoms with van der Waals surface area (Å²) < 4.78 is 0. The van der Waals surface area contributed by atoms with Crippen LogP contribution in [-0.4, -0.2) is 50.7 Å². The number of aliphatic hydroxyl groups is 1. The molecule has 102 valence electrons. The number of rotatable bonds is 2. The Morgan fingerprint density at radius 2 is 2.05 bits per heavy atom. The first kappa shape index (κ1) is 14.0. The van der Waals surface area contributed by atoms with E-state index in [0.29, 0.717) is 0 Å². The summed E-state index contributed by atoms with van der Waals surface area (Å²) in [5.74, 6) is -1.83. The van der Waals surface area contributed by atoms with E-state index in [-0.39, 0.29) is 28.8 Å². The summed E-state index contributed by atoms with van der Waals surface area (Å²) in [6.45, 7) is -0.0691. The quantitative estimate of drug-likeness (QED) is 0.797. The van der Waals surface area contributed by atoms with Gasteiger partial charge in [-0.3, -0.25) is 4.79 Å². The van der Waals surface area contributed by atoms with Crippen LogP contribution in [0.4, 0.5) is 0 Å². The molecule has 0 unspecified atom stereocenters. The highest BCUT2D eigenvalue weighted by atomic mass is 35.5. The minimum atomic E-state index is -1.18. The zero-order chi connectivity index (χ0) is 14.2. The lowest BCUT2D eigenvalue weighted by atomic mass is 10.2. The number of hydrogen-bond acceptors (Lipinski definition) is 4. The van der Waals surface area contributed by atoms with Crippen molar-refractivity contribution in [2.24, 2.45) is 0 Å². The fraction of sp³-hybridized carbons (Fsp3) is 0.364. The lowest BCUT2D eigenvalue weighted by Crippen LogP contribution is -2.41.